The van der Waals surface area contributed by atoms with Crippen molar-refractivity contribution in [3.63, 3.8) is 0 Å². The first kappa shape index (κ1) is 21.3. The van der Waals surface area contributed by atoms with E-state index in [0.717, 1.165) is 42.0 Å². The van der Waals surface area contributed by atoms with Crippen molar-refractivity contribution in [3.8, 4) is 11.3 Å². The van der Waals surface area contributed by atoms with Crippen molar-refractivity contribution in [3.05, 3.63) is 24.2 Å². The van der Waals surface area contributed by atoms with Crippen LogP contribution in [0.3, 0.4) is 0 Å². The lowest BCUT2D eigenvalue weighted by Gasteiger charge is -2.40. The number of nitrogen functional groups attached to an aromatic ring is 1. The molecule has 170 valence electrons. The maximum absolute atomic E-state index is 13.4. The third kappa shape index (κ3) is 4.23. The van der Waals surface area contributed by atoms with E-state index in [1.165, 1.54) is 49.9 Å². The number of aromatic nitrogens is 4. The molecule has 2 saturated heterocycles. The first-order chi connectivity index (χ1) is 15.4. The summed E-state index contributed by atoms with van der Waals surface area (Å²) in [6, 6.07) is 2.27. The van der Waals surface area contributed by atoms with Gasteiger partial charge in [-0.05, 0) is 44.8 Å². The summed E-state index contributed by atoms with van der Waals surface area (Å²) >= 11 is 1.48. The average Bonchev–Trinajstić information content (AvgIpc) is 3.23. The second kappa shape index (κ2) is 8.43. The average molecular weight is 464 g/mol. The fourth-order valence-electron chi connectivity index (χ4n) is 4.61. The molecule has 2 fully saturated rings. The van der Waals surface area contributed by atoms with Crippen LogP contribution in [0.5, 0.6) is 0 Å². The topological polar surface area (TPSA) is 84.1 Å². The van der Waals surface area contributed by atoms with Gasteiger partial charge < -0.3 is 15.5 Å². The number of fused-ring (bicyclic) bond motifs is 1. The molecule has 0 bridgehead atoms. The molecular formula is C21H24F3N7S. The molecule has 2 aliphatic heterocycles. The number of hydrogen-bond donors (Lipinski definition) is 1. The summed E-state index contributed by atoms with van der Waals surface area (Å²) in [7, 11) is 0. The van der Waals surface area contributed by atoms with Crippen LogP contribution < -0.4 is 10.6 Å². The molecule has 2 N–H and O–H groups in total. The summed E-state index contributed by atoms with van der Waals surface area (Å²) in [4.78, 5) is 20.9. The van der Waals surface area contributed by atoms with E-state index in [1.54, 1.807) is 6.07 Å². The number of nitrogens with two attached hydrogens (primary N) is 1. The normalized spacial score (nSPS) is 19.0. The quantitative estimate of drug-likeness (QED) is 0.623. The van der Waals surface area contributed by atoms with E-state index in [0.29, 0.717) is 11.6 Å². The largest absolute Gasteiger partial charge is 0.434 e. The van der Waals surface area contributed by atoms with Crippen LogP contribution >= 0.6 is 11.3 Å². The molecule has 0 radical (unpaired) electrons. The van der Waals surface area contributed by atoms with Crippen LogP contribution in [0.25, 0.3) is 21.5 Å². The van der Waals surface area contributed by atoms with E-state index in [2.05, 4.69) is 29.7 Å². The maximum Gasteiger partial charge on any atom is 0.434 e. The van der Waals surface area contributed by atoms with Crippen LogP contribution in [0, 0.1) is 0 Å². The lowest BCUT2D eigenvalue weighted by Crippen LogP contribution is -2.46. The zero-order valence-electron chi connectivity index (χ0n) is 17.5. The number of likely N-dealkylation sites (tertiary alicyclic amines) is 1. The fourth-order valence-corrected chi connectivity index (χ4v) is 5.63. The van der Waals surface area contributed by atoms with Crippen molar-refractivity contribution >= 4 is 32.6 Å². The van der Waals surface area contributed by atoms with E-state index < -0.39 is 17.8 Å². The molecule has 7 nitrogen and oxygen atoms in total. The van der Waals surface area contributed by atoms with Gasteiger partial charge in [0.05, 0.1) is 16.6 Å². The van der Waals surface area contributed by atoms with Gasteiger partial charge in [0.2, 0.25) is 5.95 Å². The van der Waals surface area contributed by atoms with E-state index >= 15 is 0 Å². The number of piperidine rings is 2. The highest BCUT2D eigenvalue weighted by atomic mass is 32.1. The Morgan fingerprint density at radius 3 is 2.44 bits per heavy atom. The smallest absolute Gasteiger partial charge is 0.368 e. The Bertz CT molecular complexity index is 1100. The Balaban J connectivity index is 1.37. The van der Waals surface area contributed by atoms with Crippen molar-refractivity contribution in [1.82, 2.24) is 24.8 Å². The minimum atomic E-state index is -4.65. The van der Waals surface area contributed by atoms with Crippen LogP contribution in [0.4, 0.5) is 24.3 Å². The predicted octanol–water partition coefficient (Wildman–Crippen LogP) is 4.20. The Morgan fingerprint density at radius 1 is 0.969 bits per heavy atom. The molecule has 0 amide bonds. The van der Waals surface area contributed by atoms with Crippen LogP contribution in [0.15, 0.2) is 18.5 Å². The fraction of sp³-hybridized carbons (Fsp3) is 0.524. The highest BCUT2D eigenvalue weighted by Gasteiger charge is 2.37. The van der Waals surface area contributed by atoms with Crippen LogP contribution in [0.1, 0.15) is 37.8 Å². The lowest BCUT2D eigenvalue weighted by molar-refractivity contribution is -0.140. The van der Waals surface area contributed by atoms with Crippen LogP contribution in [-0.2, 0) is 6.18 Å². The van der Waals surface area contributed by atoms with Gasteiger partial charge in [0.1, 0.15) is 5.52 Å². The van der Waals surface area contributed by atoms with Gasteiger partial charge >= 0.3 is 6.18 Å². The van der Waals surface area contributed by atoms with Crippen LogP contribution in [-0.4, -0.2) is 57.1 Å². The summed E-state index contributed by atoms with van der Waals surface area (Å²) in [6.45, 7) is 4.28. The molecule has 3 aromatic rings. The van der Waals surface area contributed by atoms with Crippen molar-refractivity contribution in [2.75, 3.05) is 36.8 Å². The Kier molecular flexibility index (Phi) is 5.62. The van der Waals surface area contributed by atoms with Gasteiger partial charge in [0.15, 0.2) is 10.8 Å². The van der Waals surface area contributed by atoms with Crippen molar-refractivity contribution in [1.29, 1.82) is 0 Å². The second-order valence-electron chi connectivity index (χ2n) is 8.34. The SMILES string of the molecule is Nc1ncc(-c2cc3sc(N4CCC(N5CCCCC5)CC4)nc3cn2)c(C(F)(F)F)n1. The molecule has 0 saturated carbocycles. The van der Waals surface area contributed by atoms with E-state index in [-0.39, 0.29) is 11.3 Å². The van der Waals surface area contributed by atoms with E-state index in [4.69, 9.17) is 5.73 Å². The number of rotatable bonds is 3. The number of alkyl halides is 3. The number of anilines is 2. The van der Waals surface area contributed by atoms with Gasteiger partial charge in [-0.15, -0.1) is 0 Å². The minimum absolute atomic E-state index is 0.156. The Labute approximate surface area is 187 Å². The molecule has 0 atom stereocenters. The van der Waals surface area contributed by atoms with E-state index in [9.17, 15) is 13.2 Å². The van der Waals surface area contributed by atoms with Crippen molar-refractivity contribution in [2.45, 2.75) is 44.3 Å². The van der Waals surface area contributed by atoms with Crippen LogP contribution in [0.2, 0.25) is 0 Å². The van der Waals surface area contributed by atoms with E-state index in [1.807, 2.05) is 0 Å². The third-order valence-electron chi connectivity index (χ3n) is 6.26. The molecule has 3 aromatic heterocycles. The van der Waals surface area contributed by atoms with Gasteiger partial charge in [-0.1, -0.05) is 17.8 Å². The molecule has 0 spiro atoms. The molecule has 0 unspecified atom stereocenters. The number of nitrogens with zero attached hydrogens (tertiary/aromatic N) is 6. The van der Waals surface area contributed by atoms with Gasteiger partial charge in [0.25, 0.3) is 0 Å². The molecule has 5 heterocycles. The minimum Gasteiger partial charge on any atom is -0.368 e. The van der Waals surface area contributed by atoms with Crippen molar-refractivity contribution < 1.29 is 13.2 Å². The molecule has 32 heavy (non-hydrogen) atoms. The molecule has 0 aromatic carbocycles. The predicted molar refractivity (Wildman–Crippen MR) is 119 cm³/mol. The molecular weight excluding hydrogens is 439 g/mol. The zero-order valence-corrected chi connectivity index (χ0v) is 18.3. The number of halogens is 3. The zero-order chi connectivity index (χ0) is 22.3. The van der Waals surface area contributed by atoms with Gasteiger partial charge in [0, 0.05) is 30.9 Å². The van der Waals surface area contributed by atoms with Gasteiger partial charge in [-0.2, -0.15) is 13.2 Å². The summed E-state index contributed by atoms with van der Waals surface area (Å²) in [5.41, 5.74) is 4.94. The molecule has 11 heteroatoms. The Hall–Kier alpha value is -2.53. The summed E-state index contributed by atoms with van der Waals surface area (Å²) < 4.78 is 41.1. The van der Waals surface area contributed by atoms with Crippen molar-refractivity contribution in [2.24, 2.45) is 0 Å². The Morgan fingerprint density at radius 2 is 1.72 bits per heavy atom. The lowest BCUT2D eigenvalue weighted by atomic mass is 10.0. The highest BCUT2D eigenvalue weighted by Crippen LogP contribution is 2.37. The number of pyridine rings is 1. The number of hydrogen-bond acceptors (Lipinski definition) is 8. The second-order valence-corrected chi connectivity index (χ2v) is 9.35. The van der Waals surface area contributed by atoms with Gasteiger partial charge in [-0.3, -0.25) is 4.98 Å². The molecule has 0 aliphatic carbocycles. The first-order valence-electron chi connectivity index (χ1n) is 10.8. The summed E-state index contributed by atoms with van der Waals surface area (Å²) in [6.07, 6.45) is 4.08. The highest BCUT2D eigenvalue weighted by molar-refractivity contribution is 7.22. The van der Waals surface area contributed by atoms with Gasteiger partial charge in [-0.25, -0.2) is 15.0 Å². The summed E-state index contributed by atoms with van der Waals surface area (Å²) in [5.74, 6) is -0.421. The first-order valence-corrected chi connectivity index (χ1v) is 11.7. The molecule has 5 rings (SSSR count). The number of thiazole rings is 1. The standard InChI is InChI=1S/C21H24F3N7S/c22-21(23,24)18-14(11-27-19(25)29-18)15-10-17-16(12-26-15)28-20(32-17)31-8-4-13(5-9-31)30-6-2-1-3-7-30/h10-13H,1-9H2,(H2,25,27,29). The third-order valence-corrected chi connectivity index (χ3v) is 7.34. The summed E-state index contributed by atoms with van der Waals surface area (Å²) in [5, 5.41) is 0.889. The molecule has 2 aliphatic rings. The monoisotopic (exact) mass is 463 g/mol. The maximum atomic E-state index is 13.4.